The number of methoxy groups -OCH3 is 1. The molecule has 0 aromatic rings. The van der Waals surface area contributed by atoms with Crippen LogP contribution >= 0.6 is 0 Å². The van der Waals surface area contributed by atoms with Gasteiger partial charge in [-0.25, -0.2) is 13.6 Å². The maximum Gasteiger partial charge on any atom is 0.410 e. The Morgan fingerprint density at radius 3 is 2.37 bits per heavy atom. The molecular formula is C29H48F2N2O5. The van der Waals surface area contributed by atoms with Crippen molar-refractivity contribution >= 4 is 6.09 Å². The van der Waals surface area contributed by atoms with Crippen molar-refractivity contribution in [1.29, 1.82) is 0 Å². The van der Waals surface area contributed by atoms with Crippen molar-refractivity contribution in [2.75, 3.05) is 53.0 Å². The van der Waals surface area contributed by atoms with Crippen LogP contribution in [-0.2, 0) is 18.9 Å². The number of carbonyl (C=O) groups excluding carboxylic acids is 1. The Morgan fingerprint density at radius 1 is 1.13 bits per heavy atom. The lowest BCUT2D eigenvalue weighted by molar-refractivity contribution is -0.175. The van der Waals surface area contributed by atoms with Crippen LogP contribution in [-0.4, -0.2) is 98.8 Å². The number of alkyl halides is 2. The van der Waals surface area contributed by atoms with Gasteiger partial charge in [-0.3, -0.25) is 4.90 Å². The first-order valence-electron chi connectivity index (χ1n) is 14.4. The summed E-state index contributed by atoms with van der Waals surface area (Å²) in [6, 6.07) is 0. The summed E-state index contributed by atoms with van der Waals surface area (Å²) in [5, 5.41) is 0. The number of epoxide rings is 1. The molecule has 0 unspecified atom stereocenters. The highest BCUT2D eigenvalue weighted by atomic mass is 19.3. The summed E-state index contributed by atoms with van der Waals surface area (Å²) in [6.45, 7) is 12.4. The predicted octanol–water partition coefficient (Wildman–Crippen LogP) is 5.14. The Hall–Kier alpha value is -1.29. The van der Waals surface area contributed by atoms with Crippen molar-refractivity contribution in [3.8, 4) is 0 Å². The number of rotatable bonds is 11. The highest BCUT2D eigenvalue weighted by Gasteiger charge is 2.64. The van der Waals surface area contributed by atoms with E-state index < -0.39 is 12.0 Å². The van der Waals surface area contributed by atoms with Crippen LogP contribution < -0.4 is 0 Å². The zero-order valence-electron chi connectivity index (χ0n) is 23.9. The molecule has 0 aromatic heterocycles. The monoisotopic (exact) mass is 542 g/mol. The molecule has 1 spiro atoms. The van der Waals surface area contributed by atoms with Gasteiger partial charge in [-0.2, -0.15) is 0 Å². The molecule has 1 aliphatic carbocycles. The minimum atomic E-state index is -2.25. The number of amides is 1. The number of hydrogen-bond donors (Lipinski definition) is 0. The summed E-state index contributed by atoms with van der Waals surface area (Å²) in [5.74, 6) is 1.05. The first-order chi connectivity index (χ1) is 18.0. The average Bonchev–Trinajstić information content (AvgIpc) is 3.58. The van der Waals surface area contributed by atoms with E-state index in [0.29, 0.717) is 31.5 Å². The maximum absolute atomic E-state index is 13.0. The van der Waals surface area contributed by atoms with E-state index >= 15 is 0 Å². The SMILES string of the molecule is CO[C@H]1[C@H](C(C)(C)OCC=C(C)C)[C@]2(CC[C@H]1OC(=O)N1CC(CCC3CCN(CC(F)F)CC3)C1)CO2. The van der Waals surface area contributed by atoms with Crippen LogP contribution in [0.1, 0.15) is 66.2 Å². The van der Waals surface area contributed by atoms with E-state index in [1.165, 1.54) is 5.57 Å². The lowest BCUT2D eigenvalue weighted by atomic mass is 9.68. The number of nitrogens with zero attached hydrogens (tertiary/aromatic N) is 2. The fourth-order valence-corrected chi connectivity index (χ4v) is 6.82. The number of carbonyl (C=O) groups is 1. The Bertz CT molecular complexity index is 816. The van der Waals surface area contributed by atoms with Gasteiger partial charge in [-0.05, 0) is 91.1 Å². The van der Waals surface area contributed by atoms with E-state index in [1.807, 2.05) is 4.90 Å². The maximum atomic E-state index is 13.0. The molecule has 0 bridgehead atoms. The number of likely N-dealkylation sites (tertiary alicyclic amines) is 2. The molecule has 4 atom stereocenters. The number of hydrogen-bond acceptors (Lipinski definition) is 6. The Labute approximate surface area is 227 Å². The summed E-state index contributed by atoms with van der Waals surface area (Å²) in [6.07, 6.45) is 4.63. The topological polar surface area (TPSA) is 63.8 Å². The molecule has 7 nitrogen and oxygen atoms in total. The molecule has 4 rings (SSSR count). The van der Waals surface area contributed by atoms with Gasteiger partial charge in [0, 0.05) is 26.1 Å². The largest absolute Gasteiger partial charge is 0.443 e. The number of piperidine rings is 1. The smallest absolute Gasteiger partial charge is 0.410 e. The highest BCUT2D eigenvalue weighted by molar-refractivity contribution is 5.69. The number of halogens is 2. The molecule has 9 heteroatoms. The van der Waals surface area contributed by atoms with Gasteiger partial charge in [0.1, 0.15) is 12.2 Å². The molecular weight excluding hydrogens is 494 g/mol. The zero-order valence-corrected chi connectivity index (χ0v) is 23.9. The molecule has 0 aromatic carbocycles. The molecule has 1 saturated carbocycles. The Kier molecular flexibility index (Phi) is 9.75. The van der Waals surface area contributed by atoms with E-state index in [1.54, 1.807) is 12.0 Å². The fourth-order valence-electron chi connectivity index (χ4n) is 6.82. The van der Waals surface area contributed by atoms with Crippen molar-refractivity contribution in [2.24, 2.45) is 17.8 Å². The summed E-state index contributed by atoms with van der Waals surface area (Å²) < 4.78 is 49.5. The third-order valence-corrected chi connectivity index (χ3v) is 9.15. The van der Waals surface area contributed by atoms with E-state index in [0.717, 1.165) is 58.3 Å². The molecule has 3 aliphatic heterocycles. The minimum Gasteiger partial charge on any atom is -0.443 e. The molecule has 3 heterocycles. The number of allylic oxidation sites excluding steroid dienone is 1. The summed E-state index contributed by atoms with van der Waals surface area (Å²) >= 11 is 0. The highest BCUT2D eigenvalue weighted by Crippen LogP contribution is 2.53. The summed E-state index contributed by atoms with van der Waals surface area (Å²) in [4.78, 5) is 16.7. The second-order valence-corrected chi connectivity index (χ2v) is 12.7. The normalized spacial score (nSPS) is 30.9. The van der Waals surface area contributed by atoms with Crippen LogP contribution in [0.2, 0.25) is 0 Å². The molecule has 38 heavy (non-hydrogen) atoms. The van der Waals surface area contributed by atoms with Gasteiger partial charge >= 0.3 is 6.09 Å². The lowest BCUT2D eigenvalue weighted by Gasteiger charge is -2.48. The van der Waals surface area contributed by atoms with Gasteiger partial charge in [0.2, 0.25) is 0 Å². The van der Waals surface area contributed by atoms with Crippen molar-refractivity contribution in [3.63, 3.8) is 0 Å². The predicted molar refractivity (Wildman–Crippen MR) is 141 cm³/mol. The van der Waals surface area contributed by atoms with Gasteiger partial charge < -0.3 is 23.8 Å². The standard InChI is InChI=1S/C29H48F2N2O5/c1-20(2)11-15-36-28(3,4)26-25(35-5)23(8-12-29(26)19-37-29)38-27(34)33-16-22(17-33)7-6-21-9-13-32(14-10-21)18-24(30)31/h11,21-26H,6-10,12-19H2,1-5H3/t23-,25-,26-,29+/m1/s1. The van der Waals surface area contributed by atoms with Gasteiger partial charge in [-0.1, -0.05) is 11.6 Å². The molecule has 218 valence electrons. The van der Waals surface area contributed by atoms with E-state index in [-0.39, 0.29) is 36.4 Å². The molecule has 0 N–H and O–H groups in total. The quantitative estimate of drug-likeness (QED) is 0.266. The zero-order chi connectivity index (χ0) is 27.5. The molecule has 1 amide bonds. The Balaban J connectivity index is 1.23. The van der Waals surface area contributed by atoms with Crippen molar-refractivity contribution < 1.29 is 32.5 Å². The molecule has 4 aliphatic rings. The van der Waals surface area contributed by atoms with Gasteiger partial charge in [-0.15, -0.1) is 0 Å². The molecule has 0 radical (unpaired) electrons. The molecule has 4 fully saturated rings. The summed E-state index contributed by atoms with van der Waals surface area (Å²) in [7, 11) is 1.68. The average molecular weight is 543 g/mol. The second kappa shape index (κ2) is 12.5. The summed E-state index contributed by atoms with van der Waals surface area (Å²) in [5.41, 5.74) is 0.432. The second-order valence-electron chi connectivity index (χ2n) is 12.7. The van der Waals surface area contributed by atoms with Crippen molar-refractivity contribution in [2.45, 2.75) is 96.1 Å². The van der Waals surface area contributed by atoms with Gasteiger partial charge in [0.15, 0.2) is 0 Å². The van der Waals surface area contributed by atoms with Gasteiger partial charge in [0.05, 0.1) is 31.0 Å². The fraction of sp³-hybridized carbons (Fsp3) is 0.897. The van der Waals surface area contributed by atoms with Crippen molar-refractivity contribution in [3.05, 3.63) is 11.6 Å². The van der Waals surface area contributed by atoms with Crippen LogP contribution in [0.4, 0.5) is 13.6 Å². The van der Waals surface area contributed by atoms with E-state index in [9.17, 15) is 13.6 Å². The number of ether oxygens (including phenoxy) is 4. The first-order valence-corrected chi connectivity index (χ1v) is 14.4. The van der Waals surface area contributed by atoms with Crippen LogP contribution in [0, 0.1) is 17.8 Å². The van der Waals surface area contributed by atoms with Crippen LogP contribution in [0.5, 0.6) is 0 Å². The Morgan fingerprint density at radius 2 is 1.79 bits per heavy atom. The van der Waals surface area contributed by atoms with E-state index in [4.69, 9.17) is 18.9 Å². The van der Waals surface area contributed by atoms with Gasteiger partial charge in [0.25, 0.3) is 6.43 Å². The third kappa shape index (κ3) is 7.26. The molecule has 3 saturated heterocycles. The van der Waals surface area contributed by atoms with Crippen LogP contribution in [0.15, 0.2) is 11.6 Å². The minimum absolute atomic E-state index is 0.0478. The van der Waals surface area contributed by atoms with Crippen LogP contribution in [0.3, 0.4) is 0 Å². The van der Waals surface area contributed by atoms with E-state index in [2.05, 4.69) is 33.8 Å². The lowest BCUT2D eigenvalue weighted by Crippen LogP contribution is -2.59. The van der Waals surface area contributed by atoms with Crippen LogP contribution in [0.25, 0.3) is 0 Å². The first kappa shape index (κ1) is 29.7. The van der Waals surface area contributed by atoms with Crippen molar-refractivity contribution in [1.82, 2.24) is 9.80 Å². The third-order valence-electron chi connectivity index (χ3n) is 9.15.